The molecule has 0 aliphatic rings. The fraction of sp³-hybridized carbons (Fsp3) is 0.312. The van der Waals surface area contributed by atoms with Gasteiger partial charge >= 0.3 is 0 Å². The molecule has 0 spiro atoms. The van der Waals surface area contributed by atoms with Crippen molar-refractivity contribution in [1.29, 1.82) is 0 Å². The highest BCUT2D eigenvalue weighted by Crippen LogP contribution is 2.20. The first-order valence-corrected chi connectivity index (χ1v) is 7.64. The van der Waals surface area contributed by atoms with E-state index in [1.165, 1.54) is 11.3 Å². The molecular weight excluding hydrogens is 270 g/mol. The molecule has 3 nitrogen and oxygen atoms in total. The molecule has 0 bridgehead atoms. The van der Waals surface area contributed by atoms with Crippen LogP contribution in [0.15, 0.2) is 47.2 Å². The molecule has 4 heteroatoms. The first-order valence-electron chi connectivity index (χ1n) is 6.70. The average Bonchev–Trinajstić information content (AvgIpc) is 2.98. The average molecular weight is 289 g/mol. The Morgan fingerprint density at radius 3 is 2.65 bits per heavy atom. The number of aliphatic hydroxyl groups excluding tert-OH is 1. The zero-order valence-corrected chi connectivity index (χ0v) is 12.3. The lowest BCUT2D eigenvalue weighted by atomic mass is 9.93. The summed E-state index contributed by atoms with van der Waals surface area (Å²) < 4.78 is 0. The second kappa shape index (κ2) is 7.22. The van der Waals surface area contributed by atoms with E-state index < -0.39 is 6.10 Å². The summed E-state index contributed by atoms with van der Waals surface area (Å²) in [5.74, 6) is 0.0663. The first kappa shape index (κ1) is 14.8. The SMILES string of the molecule is CC(O)CC(CNC(=O)c1ccsc1)c1ccccc1. The fourth-order valence-electron chi connectivity index (χ4n) is 2.19. The molecule has 2 unspecified atom stereocenters. The van der Waals surface area contributed by atoms with Crippen molar-refractivity contribution in [2.75, 3.05) is 6.54 Å². The molecule has 1 aromatic carbocycles. The second-order valence-electron chi connectivity index (χ2n) is 4.91. The van der Waals surface area contributed by atoms with Crippen molar-refractivity contribution in [3.63, 3.8) is 0 Å². The van der Waals surface area contributed by atoms with Crippen LogP contribution in [0.25, 0.3) is 0 Å². The van der Waals surface area contributed by atoms with E-state index in [1.807, 2.05) is 47.2 Å². The third kappa shape index (κ3) is 4.18. The third-order valence-corrected chi connectivity index (χ3v) is 3.87. The summed E-state index contributed by atoms with van der Waals surface area (Å²) in [7, 11) is 0. The Morgan fingerprint density at radius 2 is 2.05 bits per heavy atom. The van der Waals surface area contributed by atoms with E-state index in [0.717, 1.165) is 5.56 Å². The van der Waals surface area contributed by atoms with Gasteiger partial charge in [0.05, 0.1) is 6.10 Å². The Kier molecular flexibility index (Phi) is 5.32. The van der Waals surface area contributed by atoms with Gasteiger partial charge in [-0.05, 0) is 30.4 Å². The summed E-state index contributed by atoms with van der Waals surface area (Å²) in [5, 5.41) is 16.3. The van der Waals surface area contributed by atoms with E-state index in [1.54, 1.807) is 6.92 Å². The molecule has 0 aliphatic carbocycles. The largest absolute Gasteiger partial charge is 0.393 e. The van der Waals surface area contributed by atoms with Crippen LogP contribution in [0.3, 0.4) is 0 Å². The van der Waals surface area contributed by atoms with Crippen molar-refractivity contribution in [2.24, 2.45) is 0 Å². The van der Waals surface area contributed by atoms with Crippen LogP contribution in [0.1, 0.15) is 35.2 Å². The molecule has 0 saturated carbocycles. The van der Waals surface area contributed by atoms with Crippen LogP contribution in [0, 0.1) is 0 Å². The summed E-state index contributed by atoms with van der Waals surface area (Å²) in [6.45, 7) is 2.31. The summed E-state index contributed by atoms with van der Waals surface area (Å²) in [5.41, 5.74) is 1.83. The maximum atomic E-state index is 12.0. The molecule has 2 rings (SSSR count). The number of hydrogen-bond acceptors (Lipinski definition) is 3. The molecule has 0 aliphatic heterocycles. The Balaban J connectivity index is 2.00. The standard InChI is InChI=1S/C16H19NO2S/c1-12(18)9-15(13-5-3-2-4-6-13)10-17-16(19)14-7-8-20-11-14/h2-8,11-12,15,18H,9-10H2,1H3,(H,17,19). The minimum absolute atomic E-state index is 0.0576. The number of carbonyl (C=O) groups is 1. The van der Waals surface area contributed by atoms with Gasteiger partial charge in [0.2, 0.25) is 0 Å². The smallest absolute Gasteiger partial charge is 0.252 e. The monoisotopic (exact) mass is 289 g/mol. The molecule has 20 heavy (non-hydrogen) atoms. The van der Waals surface area contributed by atoms with Crippen LogP contribution in [-0.4, -0.2) is 23.7 Å². The zero-order valence-electron chi connectivity index (χ0n) is 11.5. The predicted molar refractivity (Wildman–Crippen MR) is 82.1 cm³/mol. The number of amides is 1. The summed E-state index contributed by atoms with van der Waals surface area (Å²) >= 11 is 1.51. The number of aliphatic hydroxyl groups is 1. The van der Waals surface area contributed by atoms with Gasteiger partial charge in [-0.25, -0.2) is 0 Å². The van der Waals surface area contributed by atoms with E-state index in [9.17, 15) is 9.90 Å². The van der Waals surface area contributed by atoms with Gasteiger partial charge < -0.3 is 10.4 Å². The lowest BCUT2D eigenvalue weighted by molar-refractivity contribution is 0.0946. The molecule has 2 atom stereocenters. The number of thiophene rings is 1. The van der Waals surface area contributed by atoms with E-state index in [0.29, 0.717) is 18.5 Å². The Hall–Kier alpha value is -1.65. The predicted octanol–water partition coefficient (Wildman–Crippen LogP) is 3.03. The first-order chi connectivity index (χ1) is 9.66. The molecule has 0 radical (unpaired) electrons. The Bertz CT molecular complexity index is 523. The van der Waals surface area contributed by atoms with Gasteiger partial charge in [-0.2, -0.15) is 11.3 Å². The molecule has 1 heterocycles. The highest BCUT2D eigenvalue weighted by atomic mass is 32.1. The topological polar surface area (TPSA) is 49.3 Å². The molecule has 2 N–H and O–H groups in total. The molecule has 0 fully saturated rings. The van der Waals surface area contributed by atoms with E-state index >= 15 is 0 Å². The quantitative estimate of drug-likeness (QED) is 0.858. The lowest BCUT2D eigenvalue weighted by Crippen LogP contribution is -2.29. The molecule has 106 valence electrons. The highest BCUT2D eigenvalue weighted by Gasteiger charge is 2.16. The van der Waals surface area contributed by atoms with Crippen molar-refractivity contribution in [2.45, 2.75) is 25.4 Å². The fourth-order valence-corrected chi connectivity index (χ4v) is 2.82. The molecular formula is C16H19NO2S. The van der Waals surface area contributed by atoms with Gasteiger partial charge in [0.25, 0.3) is 5.91 Å². The summed E-state index contributed by atoms with van der Waals surface area (Å²) in [6.07, 6.45) is 0.242. The maximum absolute atomic E-state index is 12.0. The Morgan fingerprint density at radius 1 is 1.30 bits per heavy atom. The van der Waals surface area contributed by atoms with Crippen LogP contribution in [0.2, 0.25) is 0 Å². The number of rotatable bonds is 6. The zero-order chi connectivity index (χ0) is 14.4. The van der Waals surface area contributed by atoms with E-state index in [4.69, 9.17) is 0 Å². The highest BCUT2D eigenvalue weighted by molar-refractivity contribution is 7.08. The van der Waals surface area contributed by atoms with E-state index in [-0.39, 0.29) is 11.8 Å². The maximum Gasteiger partial charge on any atom is 0.252 e. The minimum atomic E-state index is -0.391. The van der Waals surface area contributed by atoms with Gasteiger partial charge in [0.1, 0.15) is 0 Å². The number of carbonyl (C=O) groups excluding carboxylic acids is 1. The van der Waals surface area contributed by atoms with Crippen LogP contribution < -0.4 is 5.32 Å². The lowest BCUT2D eigenvalue weighted by Gasteiger charge is -2.19. The second-order valence-corrected chi connectivity index (χ2v) is 5.69. The van der Waals surface area contributed by atoms with E-state index in [2.05, 4.69) is 5.32 Å². The third-order valence-electron chi connectivity index (χ3n) is 3.19. The molecule has 1 aromatic heterocycles. The number of nitrogens with one attached hydrogen (secondary N) is 1. The van der Waals surface area contributed by atoms with Crippen molar-refractivity contribution < 1.29 is 9.90 Å². The van der Waals surface area contributed by atoms with Gasteiger partial charge in [-0.3, -0.25) is 4.79 Å². The summed E-state index contributed by atoms with van der Waals surface area (Å²) in [4.78, 5) is 12.0. The molecule has 2 aromatic rings. The molecule has 0 saturated heterocycles. The van der Waals surface area contributed by atoms with Crippen LogP contribution in [0.4, 0.5) is 0 Å². The van der Waals surface area contributed by atoms with Gasteiger partial charge in [0, 0.05) is 23.4 Å². The van der Waals surface area contributed by atoms with Crippen LogP contribution in [-0.2, 0) is 0 Å². The molecule has 1 amide bonds. The normalized spacial score (nSPS) is 13.7. The van der Waals surface area contributed by atoms with Crippen LogP contribution >= 0.6 is 11.3 Å². The number of hydrogen-bond donors (Lipinski definition) is 2. The Labute approximate surface area is 123 Å². The van der Waals surface area contributed by atoms with Crippen molar-refractivity contribution in [1.82, 2.24) is 5.32 Å². The van der Waals surface area contributed by atoms with Gasteiger partial charge in [-0.1, -0.05) is 30.3 Å². The minimum Gasteiger partial charge on any atom is -0.393 e. The summed E-state index contributed by atoms with van der Waals surface area (Å²) in [6, 6.07) is 11.8. The van der Waals surface area contributed by atoms with Crippen molar-refractivity contribution in [3.8, 4) is 0 Å². The van der Waals surface area contributed by atoms with Crippen LogP contribution in [0.5, 0.6) is 0 Å². The van der Waals surface area contributed by atoms with Crippen molar-refractivity contribution >= 4 is 17.2 Å². The van der Waals surface area contributed by atoms with Gasteiger partial charge in [-0.15, -0.1) is 0 Å². The van der Waals surface area contributed by atoms with Crippen molar-refractivity contribution in [3.05, 3.63) is 58.3 Å². The number of benzene rings is 1. The van der Waals surface area contributed by atoms with Gasteiger partial charge in [0.15, 0.2) is 0 Å².